The maximum atomic E-state index is 13.8. The van der Waals surface area contributed by atoms with Crippen LogP contribution in [-0.4, -0.2) is 6.61 Å². The molecule has 0 aromatic heterocycles. The van der Waals surface area contributed by atoms with E-state index in [9.17, 15) is 8.78 Å². The molecule has 0 amide bonds. The van der Waals surface area contributed by atoms with E-state index in [2.05, 4.69) is 0 Å². The Bertz CT molecular complexity index is 401. The molecule has 16 heavy (non-hydrogen) atoms. The number of fused-ring (bicyclic) bond motifs is 1. The summed E-state index contributed by atoms with van der Waals surface area (Å²) in [7, 11) is 0. The first-order valence-electron chi connectivity index (χ1n) is 5.61. The van der Waals surface area contributed by atoms with Crippen molar-refractivity contribution in [3.8, 4) is 0 Å². The molecule has 1 aliphatic rings. The van der Waals surface area contributed by atoms with Gasteiger partial charge in [0.1, 0.15) is 11.6 Å². The second kappa shape index (κ2) is 4.13. The van der Waals surface area contributed by atoms with Gasteiger partial charge in [0, 0.05) is 12.0 Å². The molecule has 1 heterocycles. The molecule has 1 aliphatic heterocycles. The first kappa shape index (κ1) is 11.5. The lowest BCUT2D eigenvalue weighted by atomic mass is 9.82. The average molecular weight is 226 g/mol. The van der Waals surface area contributed by atoms with E-state index in [-0.39, 0.29) is 17.9 Å². The largest absolute Gasteiger partial charge is 0.373 e. The second-order valence-corrected chi connectivity index (χ2v) is 4.72. The van der Waals surface area contributed by atoms with Crippen molar-refractivity contribution in [3.05, 3.63) is 34.9 Å². The van der Waals surface area contributed by atoms with Crippen molar-refractivity contribution < 1.29 is 13.5 Å². The summed E-state index contributed by atoms with van der Waals surface area (Å²) in [5, 5.41) is 0. The SMILES string of the molecule is CC(C)[C@H]1CO[C@H](C)c2cc(F)cc(F)c21. The Labute approximate surface area is 94.4 Å². The zero-order valence-corrected chi connectivity index (χ0v) is 9.76. The minimum absolute atomic E-state index is 0.0202. The van der Waals surface area contributed by atoms with Crippen molar-refractivity contribution in [2.75, 3.05) is 6.61 Å². The zero-order chi connectivity index (χ0) is 11.9. The van der Waals surface area contributed by atoms with Crippen LogP contribution in [0.5, 0.6) is 0 Å². The van der Waals surface area contributed by atoms with Gasteiger partial charge in [-0.05, 0) is 30.0 Å². The van der Waals surface area contributed by atoms with Gasteiger partial charge in [0.2, 0.25) is 0 Å². The van der Waals surface area contributed by atoms with Gasteiger partial charge in [-0.25, -0.2) is 8.78 Å². The second-order valence-electron chi connectivity index (χ2n) is 4.72. The van der Waals surface area contributed by atoms with Crippen molar-refractivity contribution in [3.63, 3.8) is 0 Å². The molecule has 0 spiro atoms. The van der Waals surface area contributed by atoms with Gasteiger partial charge < -0.3 is 4.74 Å². The molecule has 0 N–H and O–H groups in total. The normalized spacial score (nSPS) is 24.6. The molecule has 2 atom stereocenters. The van der Waals surface area contributed by atoms with Crippen LogP contribution in [0.15, 0.2) is 12.1 Å². The summed E-state index contributed by atoms with van der Waals surface area (Å²) in [5.74, 6) is -0.669. The molecular weight excluding hydrogens is 210 g/mol. The molecule has 0 bridgehead atoms. The lowest BCUT2D eigenvalue weighted by Crippen LogP contribution is -2.24. The number of ether oxygens (including phenoxy) is 1. The fourth-order valence-corrected chi connectivity index (χ4v) is 2.28. The van der Waals surface area contributed by atoms with Crippen molar-refractivity contribution in [1.82, 2.24) is 0 Å². The summed E-state index contributed by atoms with van der Waals surface area (Å²) in [6.07, 6.45) is -0.227. The molecule has 88 valence electrons. The van der Waals surface area contributed by atoms with E-state index in [1.807, 2.05) is 20.8 Å². The van der Waals surface area contributed by atoms with Crippen molar-refractivity contribution in [2.24, 2.45) is 5.92 Å². The van der Waals surface area contributed by atoms with Crippen molar-refractivity contribution >= 4 is 0 Å². The number of rotatable bonds is 1. The molecule has 0 unspecified atom stereocenters. The highest BCUT2D eigenvalue weighted by atomic mass is 19.1. The maximum Gasteiger partial charge on any atom is 0.130 e. The van der Waals surface area contributed by atoms with Gasteiger partial charge in [-0.2, -0.15) is 0 Å². The molecule has 0 radical (unpaired) electrons. The summed E-state index contributed by atoms with van der Waals surface area (Å²) < 4.78 is 32.5. The Morgan fingerprint density at radius 1 is 1.31 bits per heavy atom. The van der Waals surface area contributed by atoms with Gasteiger partial charge in [0.15, 0.2) is 0 Å². The molecule has 3 heteroatoms. The Morgan fingerprint density at radius 3 is 2.62 bits per heavy atom. The minimum atomic E-state index is -0.531. The van der Waals surface area contributed by atoms with E-state index >= 15 is 0 Å². The maximum absolute atomic E-state index is 13.8. The van der Waals surface area contributed by atoms with Crippen LogP contribution in [0.25, 0.3) is 0 Å². The molecule has 0 fully saturated rings. The highest BCUT2D eigenvalue weighted by Crippen LogP contribution is 2.39. The molecule has 1 aromatic carbocycles. The van der Waals surface area contributed by atoms with Gasteiger partial charge in [0.05, 0.1) is 12.7 Å². The summed E-state index contributed by atoms with van der Waals surface area (Å²) >= 11 is 0. The monoisotopic (exact) mass is 226 g/mol. The summed E-state index contributed by atoms with van der Waals surface area (Å²) in [6, 6.07) is 2.35. The Balaban J connectivity index is 2.56. The number of halogens is 2. The number of hydrogen-bond acceptors (Lipinski definition) is 1. The predicted molar refractivity (Wildman–Crippen MR) is 58.3 cm³/mol. The molecule has 0 aliphatic carbocycles. The predicted octanol–water partition coefficient (Wildman–Crippen LogP) is 3.80. The van der Waals surface area contributed by atoms with Crippen molar-refractivity contribution in [1.29, 1.82) is 0 Å². The summed E-state index contributed by atoms with van der Waals surface area (Å²) in [4.78, 5) is 0. The average Bonchev–Trinajstić information content (AvgIpc) is 2.19. The first-order valence-corrected chi connectivity index (χ1v) is 5.61. The van der Waals surface area contributed by atoms with Crippen LogP contribution in [0.2, 0.25) is 0 Å². The molecule has 0 saturated carbocycles. The van der Waals surface area contributed by atoms with Crippen LogP contribution in [0.4, 0.5) is 8.78 Å². The molecule has 0 saturated heterocycles. The standard InChI is InChI=1S/C13H16F2O/c1-7(2)11-6-16-8(3)10-4-9(14)5-12(15)13(10)11/h4-5,7-8,11H,6H2,1-3H3/t8-,11-/m1/s1. The van der Waals surface area contributed by atoms with Crippen LogP contribution in [0.3, 0.4) is 0 Å². The van der Waals surface area contributed by atoms with E-state index in [0.717, 1.165) is 6.07 Å². The van der Waals surface area contributed by atoms with Crippen LogP contribution in [0, 0.1) is 17.6 Å². The highest BCUT2D eigenvalue weighted by Gasteiger charge is 2.30. The lowest BCUT2D eigenvalue weighted by molar-refractivity contribution is 0.0291. The van der Waals surface area contributed by atoms with E-state index in [0.29, 0.717) is 17.7 Å². The van der Waals surface area contributed by atoms with Crippen LogP contribution in [-0.2, 0) is 4.74 Å². The fourth-order valence-electron chi connectivity index (χ4n) is 2.28. The summed E-state index contributed by atoms with van der Waals surface area (Å²) in [5.41, 5.74) is 1.29. The molecular formula is C13H16F2O. The van der Waals surface area contributed by atoms with Gasteiger partial charge >= 0.3 is 0 Å². The third kappa shape index (κ3) is 1.84. The topological polar surface area (TPSA) is 9.23 Å². The molecule has 1 aromatic rings. The van der Waals surface area contributed by atoms with E-state index in [1.54, 1.807) is 0 Å². The first-order chi connectivity index (χ1) is 7.50. The smallest absolute Gasteiger partial charge is 0.130 e. The van der Waals surface area contributed by atoms with Crippen molar-refractivity contribution in [2.45, 2.75) is 32.8 Å². The van der Waals surface area contributed by atoms with E-state index < -0.39 is 11.6 Å². The Hall–Kier alpha value is -0.960. The van der Waals surface area contributed by atoms with Gasteiger partial charge in [-0.15, -0.1) is 0 Å². The third-order valence-corrected chi connectivity index (χ3v) is 3.27. The quantitative estimate of drug-likeness (QED) is 0.707. The van der Waals surface area contributed by atoms with Crippen LogP contribution < -0.4 is 0 Å². The molecule has 1 nitrogen and oxygen atoms in total. The number of benzene rings is 1. The van der Waals surface area contributed by atoms with Crippen LogP contribution in [0.1, 0.15) is 43.9 Å². The lowest BCUT2D eigenvalue weighted by Gasteiger charge is -2.32. The van der Waals surface area contributed by atoms with Gasteiger partial charge in [-0.1, -0.05) is 13.8 Å². The minimum Gasteiger partial charge on any atom is -0.373 e. The fraction of sp³-hybridized carbons (Fsp3) is 0.538. The van der Waals surface area contributed by atoms with Gasteiger partial charge in [0.25, 0.3) is 0 Å². The Morgan fingerprint density at radius 2 is 2.00 bits per heavy atom. The summed E-state index contributed by atoms with van der Waals surface area (Å²) in [6.45, 7) is 6.38. The van der Waals surface area contributed by atoms with Gasteiger partial charge in [-0.3, -0.25) is 0 Å². The Kier molecular flexibility index (Phi) is 2.98. The highest BCUT2D eigenvalue weighted by molar-refractivity contribution is 5.36. The third-order valence-electron chi connectivity index (χ3n) is 3.27. The van der Waals surface area contributed by atoms with E-state index in [1.165, 1.54) is 6.07 Å². The zero-order valence-electron chi connectivity index (χ0n) is 9.76. The molecule has 2 rings (SSSR count). The number of hydrogen-bond donors (Lipinski definition) is 0. The van der Waals surface area contributed by atoms with E-state index in [4.69, 9.17) is 4.74 Å². The van der Waals surface area contributed by atoms with Crippen LogP contribution >= 0.6 is 0 Å².